The summed E-state index contributed by atoms with van der Waals surface area (Å²) in [7, 11) is 0. The second-order valence-electron chi connectivity index (χ2n) is 10.2. The average Bonchev–Trinajstić information content (AvgIpc) is 3.25. The maximum atomic E-state index is 13.1. The first-order chi connectivity index (χ1) is 17.6. The van der Waals surface area contributed by atoms with E-state index in [0.29, 0.717) is 12.4 Å². The van der Waals surface area contributed by atoms with Crippen LogP contribution in [0.25, 0.3) is 11.3 Å². The Kier molecular flexibility index (Phi) is 6.34. The largest absolute Gasteiger partial charge is 0.384 e. The van der Waals surface area contributed by atoms with Gasteiger partial charge in [0, 0.05) is 74.7 Å². The molecule has 1 aromatic heterocycles. The van der Waals surface area contributed by atoms with E-state index < -0.39 is 0 Å². The van der Waals surface area contributed by atoms with Gasteiger partial charge in [-0.3, -0.25) is 9.69 Å². The summed E-state index contributed by atoms with van der Waals surface area (Å²) in [4.78, 5) is 24.6. The van der Waals surface area contributed by atoms with Crippen LogP contribution in [0.2, 0.25) is 0 Å². The van der Waals surface area contributed by atoms with E-state index in [2.05, 4.69) is 62.6 Å². The molecule has 3 N–H and O–H groups in total. The minimum atomic E-state index is 0.153. The van der Waals surface area contributed by atoms with E-state index in [1.807, 2.05) is 23.1 Å². The lowest BCUT2D eigenvalue weighted by atomic mass is 10.0. The van der Waals surface area contributed by atoms with Gasteiger partial charge in [0.25, 0.3) is 5.91 Å². The first-order valence-electron chi connectivity index (χ1n) is 13.1. The summed E-state index contributed by atoms with van der Waals surface area (Å²) in [5.74, 6) is 0.681. The lowest BCUT2D eigenvalue weighted by Gasteiger charge is -2.36. The first-order valence-corrected chi connectivity index (χ1v) is 13.1. The molecule has 3 aliphatic rings. The smallest absolute Gasteiger partial charge is 0.254 e. The van der Waals surface area contributed by atoms with Gasteiger partial charge in [0.15, 0.2) is 0 Å². The fourth-order valence-electron chi connectivity index (χ4n) is 5.77. The Labute approximate surface area is 212 Å². The molecule has 36 heavy (non-hydrogen) atoms. The maximum Gasteiger partial charge on any atom is 0.254 e. The number of nitrogens with zero attached hydrogens (tertiary/aromatic N) is 4. The van der Waals surface area contributed by atoms with Crippen LogP contribution in [0.4, 0.5) is 11.5 Å². The molecular formula is C29H34N6O. The van der Waals surface area contributed by atoms with Crippen LogP contribution in [0.5, 0.6) is 0 Å². The minimum Gasteiger partial charge on any atom is -0.384 e. The van der Waals surface area contributed by atoms with Crippen molar-refractivity contribution < 1.29 is 4.79 Å². The van der Waals surface area contributed by atoms with Crippen LogP contribution < -0.4 is 16.0 Å². The van der Waals surface area contributed by atoms with Gasteiger partial charge in [0.05, 0.1) is 5.69 Å². The molecule has 0 saturated carbocycles. The number of piperidine rings is 1. The maximum absolute atomic E-state index is 13.1. The van der Waals surface area contributed by atoms with Crippen molar-refractivity contribution >= 4 is 17.4 Å². The molecule has 1 atom stereocenters. The van der Waals surface area contributed by atoms with Crippen LogP contribution in [-0.4, -0.2) is 66.0 Å². The van der Waals surface area contributed by atoms with Gasteiger partial charge < -0.3 is 20.9 Å². The topological polar surface area (TPSA) is 77.7 Å². The quantitative estimate of drug-likeness (QED) is 0.581. The zero-order valence-electron chi connectivity index (χ0n) is 20.7. The van der Waals surface area contributed by atoms with Gasteiger partial charge in [-0.05, 0) is 48.7 Å². The summed E-state index contributed by atoms with van der Waals surface area (Å²) in [6.45, 7) is 7.52. The van der Waals surface area contributed by atoms with Crippen molar-refractivity contribution in [3.63, 3.8) is 0 Å². The number of nitrogens with one attached hydrogen (secondary N) is 1. The molecule has 0 bridgehead atoms. The number of anilines is 2. The molecule has 0 spiro atoms. The molecule has 2 fully saturated rings. The van der Waals surface area contributed by atoms with Crippen molar-refractivity contribution in [1.82, 2.24) is 20.1 Å². The molecule has 3 aromatic rings. The van der Waals surface area contributed by atoms with E-state index in [-0.39, 0.29) is 11.9 Å². The van der Waals surface area contributed by atoms with Crippen LogP contribution in [0.1, 0.15) is 34.3 Å². The number of hydrogen-bond donors (Lipinski definition) is 2. The Balaban J connectivity index is 1.17. The van der Waals surface area contributed by atoms with Crippen LogP contribution in [0.3, 0.4) is 0 Å². The van der Waals surface area contributed by atoms with E-state index >= 15 is 0 Å². The van der Waals surface area contributed by atoms with Crippen molar-refractivity contribution in [3.05, 3.63) is 77.4 Å². The van der Waals surface area contributed by atoms with Crippen molar-refractivity contribution in [2.45, 2.75) is 32.0 Å². The van der Waals surface area contributed by atoms with Crippen LogP contribution in [-0.2, 0) is 13.1 Å². The third-order valence-corrected chi connectivity index (χ3v) is 7.76. The molecule has 186 valence electrons. The predicted octanol–water partition coefficient (Wildman–Crippen LogP) is 3.36. The highest BCUT2D eigenvalue weighted by atomic mass is 16.2. The number of carbonyl (C=O) groups excluding carboxylic acids is 1. The first kappa shape index (κ1) is 23.0. The zero-order valence-corrected chi connectivity index (χ0v) is 20.7. The highest BCUT2D eigenvalue weighted by Gasteiger charge is 2.33. The van der Waals surface area contributed by atoms with E-state index in [4.69, 9.17) is 5.73 Å². The highest BCUT2D eigenvalue weighted by molar-refractivity contribution is 5.99. The lowest BCUT2D eigenvalue weighted by Crippen LogP contribution is -2.46. The van der Waals surface area contributed by atoms with E-state index in [1.54, 1.807) is 0 Å². The SMILES string of the molecule is Nc1cc(N2CCN(Cc3ccccc3)CC2)cc(-c2ccc3c(c2)CN(C2CCCNC2)C3=O)n1. The van der Waals surface area contributed by atoms with Gasteiger partial charge in [0.1, 0.15) is 5.82 Å². The third kappa shape index (κ3) is 4.68. The Morgan fingerprint density at radius 1 is 1.00 bits per heavy atom. The summed E-state index contributed by atoms with van der Waals surface area (Å²) in [6, 6.07) is 21.2. The normalized spacial score (nSPS) is 20.6. The Hall–Kier alpha value is -3.42. The number of amides is 1. The number of aromatic nitrogens is 1. The van der Waals surface area contributed by atoms with Gasteiger partial charge >= 0.3 is 0 Å². The zero-order chi connectivity index (χ0) is 24.5. The lowest BCUT2D eigenvalue weighted by molar-refractivity contribution is 0.0674. The van der Waals surface area contributed by atoms with Gasteiger partial charge in [-0.15, -0.1) is 0 Å². The van der Waals surface area contributed by atoms with Gasteiger partial charge in [-0.1, -0.05) is 36.4 Å². The monoisotopic (exact) mass is 482 g/mol. The molecule has 7 heteroatoms. The molecule has 1 amide bonds. The van der Waals surface area contributed by atoms with E-state index in [9.17, 15) is 4.79 Å². The molecule has 0 aliphatic carbocycles. The number of hydrogen-bond acceptors (Lipinski definition) is 6. The fourth-order valence-corrected chi connectivity index (χ4v) is 5.77. The second kappa shape index (κ2) is 9.91. The summed E-state index contributed by atoms with van der Waals surface area (Å²) in [5, 5.41) is 3.43. The molecule has 6 rings (SSSR count). The Bertz CT molecular complexity index is 1230. The highest BCUT2D eigenvalue weighted by Crippen LogP contribution is 2.32. The van der Waals surface area contributed by atoms with Gasteiger partial charge in [-0.2, -0.15) is 0 Å². The molecular weight excluding hydrogens is 448 g/mol. The van der Waals surface area contributed by atoms with E-state index in [0.717, 1.165) is 86.7 Å². The summed E-state index contributed by atoms with van der Waals surface area (Å²) >= 11 is 0. The van der Waals surface area contributed by atoms with E-state index in [1.165, 1.54) is 5.56 Å². The molecule has 4 heterocycles. The molecule has 3 aliphatic heterocycles. The number of pyridine rings is 1. The Morgan fingerprint density at radius 3 is 2.61 bits per heavy atom. The molecule has 7 nitrogen and oxygen atoms in total. The average molecular weight is 483 g/mol. The number of fused-ring (bicyclic) bond motifs is 1. The summed E-state index contributed by atoms with van der Waals surface area (Å²) < 4.78 is 0. The summed E-state index contributed by atoms with van der Waals surface area (Å²) in [6.07, 6.45) is 2.19. The number of benzene rings is 2. The van der Waals surface area contributed by atoms with Crippen molar-refractivity contribution in [2.75, 3.05) is 49.9 Å². The molecule has 1 unspecified atom stereocenters. The number of carbonyl (C=O) groups is 1. The second-order valence-corrected chi connectivity index (χ2v) is 10.2. The van der Waals surface area contributed by atoms with Crippen molar-refractivity contribution in [3.8, 4) is 11.3 Å². The van der Waals surface area contributed by atoms with Crippen molar-refractivity contribution in [2.24, 2.45) is 0 Å². The van der Waals surface area contributed by atoms with Crippen LogP contribution in [0.15, 0.2) is 60.7 Å². The van der Waals surface area contributed by atoms with Crippen LogP contribution >= 0.6 is 0 Å². The van der Waals surface area contributed by atoms with Crippen LogP contribution in [0, 0.1) is 0 Å². The number of piperazine rings is 1. The number of nitrogen functional groups attached to an aromatic ring is 1. The summed E-state index contributed by atoms with van der Waals surface area (Å²) in [5.41, 5.74) is 12.5. The van der Waals surface area contributed by atoms with Gasteiger partial charge in [0.2, 0.25) is 0 Å². The molecule has 0 radical (unpaired) electrons. The third-order valence-electron chi connectivity index (χ3n) is 7.76. The molecule has 2 aromatic carbocycles. The Morgan fingerprint density at radius 2 is 1.83 bits per heavy atom. The number of nitrogens with two attached hydrogens (primary N) is 1. The standard InChI is InChI=1S/C29H34N6O/c30-28-17-25(34-13-11-33(12-14-34)19-21-5-2-1-3-6-21)16-27(32-28)22-8-9-26-23(15-22)20-35(29(26)36)24-7-4-10-31-18-24/h1-3,5-6,8-9,15-17,24,31H,4,7,10-14,18-20H2,(H2,30,32). The van der Waals surface area contributed by atoms with Gasteiger partial charge in [-0.25, -0.2) is 4.98 Å². The van der Waals surface area contributed by atoms with Crippen molar-refractivity contribution in [1.29, 1.82) is 0 Å². The molecule has 2 saturated heterocycles. The fraction of sp³-hybridized carbons (Fsp3) is 0.379. The number of rotatable bonds is 5. The minimum absolute atomic E-state index is 0.153. The predicted molar refractivity (Wildman–Crippen MR) is 144 cm³/mol.